The van der Waals surface area contributed by atoms with E-state index in [4.69, 9.17) is 9.47 Å². The lowest BCUT2D eigenvalue weighted by atomic mass is 9.73. The first-order chi connectivity index (χ1) is 15.1. The normalized spacial score (nSPS) is 15.3. The summed E-state index contributed by atoms with van der Waals surface area (Å²) in [6, 6.07) is 17.3. The van der Waals surface area contributed by atoms with Gasteiger partial charge in [0.25, 0.3) is 0 Å². The summed E-state index contributed by atoms with van der Waals surface area (Å²) in [5.74, 6) is 0.234. The lowest BCUT2D eigenvalue weighted by Gasteiger charge is -2.36. The lowest BCUT2D eigenvalue weighted by molar-refractivity contribution is -0.130. The number of halogens is 2. The Morgan fingerprint density at radius 2 is 1.90 bits per heavy atom. The minimum atomic E-state index is -0.648. The number of benzene rings is 2. The number of hydrogen-bond donors (Lipinski definition) is 1. The summed E-state index contributed by atoms with van der Waals surface area (Å²) >= 11 is 3.46. The maximum absolute atomic E-state index is 13.5. The summed E-state index contributed by atoms with van der Waals surface area (Å²) in [5, 5.41) is 3.06. The van der Waals surface area contributed by atoms with Crippen molar-refractivity contribution < 1.29 is 18.7 Å². The second kappa shape index (κ2) is 9.58. The smallest absolute Gasteiger partial charge is 0.231 e. The van der Waals surface area contributed by atoms with Crippen LogP contribution in [0.1, 0.15) is 24.0 Å². The largest absolute Gasteiger partial charge is 0.439 e. The molecule has 1 amide bonds. The molecule has 0 unspecified atom stereocenters. The van der Waals surface area contributed by atoms with Gasteiger partial charge in [-0.2, -0.15) is 0 Å². The SMILES string of the molecule is O=C(NCc1cccnc1Oc1cccc(F)c1)C1(c2ccc(Br)cc2)CCOCC1. The molecule has 1 aliphatic heterocycles. The van der Waals surface area contributed by atoms with Crippen LogP contribution in [-0.4, -0.2) is 24.1 Å². The maximum Gasteiger partial charge on any atom is 0.231 e. The van der Waals surface area contributed by atoms with Crippen molar-refractivity contribution in [2.45, 2.75) is 24.8 Å². The standard InChI is InChI=1S/C24H22BrFN2O3/c25-19-8-6-18(7-9-19)24(10-13-30-14-11-24)23(29)28-16-17-3-2-12-27-22(17)31-21-5-1-4-20(26)15-21/h1-9,12,15H,10-11,13-14,16H2,(H,28,29). The van der Waals surface area contributed by atoms with Crippen LogP contribution in [0.4, 0.5) is 4.39 Å². The molecule has 0 radical (unpaired) electrons. The van der Waals surface area contributed by atoms with Gasteiger partial charge in [0.2, 0.25) is 11.8 Å². The molecular formula is C24H22BrFN2O3. The van der Waals surface area contributed by atoms with Gasteiger partial charge in [-0.05, 0) is 48.7 Å². The third-order valence-electron chi connectivity index (χ3n) is 5.48. The predicted molar refractivity (Wildman–Crippen MR) is 118 cm³/mol. The fourth-order valence-electron chi connectivity index (χ4n) is 3.77. The summed E-state index contributed by atoms with van der Waals surface area (Å²) in [6.07, 6.45) is 2.82. The van der Waals surface area contributed by atoms with E-state index >= 15 is 0 Å². The Labute approximate surface area is 188 Å². The number of nitrogens with zero attached hydrogens (tertiary/aromatic N) is 1. The van der Waals surface area contributed by atoms with E-state index in [0.717, 1.165) is 10.0 Å². The van der Waals surface area contributed by atoms with Crippen molar-refractivity contribution in [2.75, 3.05) is 13.2 Å². The fraction of sp³-hybridized carbons (Fsp3) is 0.250. The summed E-state index contributed by atoms with van der Waals surface area (Å²) < 4.78 is 25.7. The molecule has 0 aliphatic carbocycles. The first-order valence-electron chi connectivity index (χ1n) is 10.1. The number of ether oxygens (including phenoxy) is 2. The van der Waals surface area contributed by atoms with Crippen LogP contribution in [0.15, 0.2) is 71.3 Å². The van der Waals surface area contributed by atoms with Gasteiger partial charge >= 0.3 is 0 Å². The monoisotopic (exact) mass is 484 g/mol. The van der Waals surface area contributed by atoms with Crippen LogP contribution in [0.25, 0.3) is 0 Å². The van der Waals surface area contributed by atoms with E-state index in [1.807, 2.05) is 30.3 Å². The van der Waals surface area contributed by atoms with Crippen molar-refractivity contribution in [3.8, 4) is 11.6 Å². The van der Waals surface area contributed by atoms with E-state index < -0.39 is 5.41 Å². The first-order valence-corrected chi connectivity index (χ1v) is 10.9. The van der Waals surface area contributed by atoms with Gasteiger partial charge in [0.15, 0.2) is 0 Å². The number of nitrogens with one attached hydrogen (secondary N) is 1. The molecule has 2 aromatic carbocycles. The zero-order chi connectivity index (χ0) is 21.7. The molecule has 1 aliphatic rings. The molecule has 1 fully saturated rings. The predicted octanol–water partition coefficient (Wildman–Crippen LogP) is 5.14. The van der Waals surface area contributed by atoms with Crippen molar-refractivity contribution in [3.05, 3.63) is 88.3 Å². The van der Waals surface area contributed by atoms with E-state index in [1.165, 1.54) is 12.1 Å². The van der Waals surface area contributed by atoms with Crippen LogP contribution in [0.5, 0.6) is 11.6 Å². The first kappa shape index (κ1) is 21.5. The van der Waals surface area contributed by atoms with Crippen LogP contribution in [0.3, 0.4) is 0 Å². The van der Waals surface area contributed by atoms with Gasteiger partial charge in [0.05, 0.1) is 5.41 Å². The summed E-state index contributed by atoms with van der Waals surface area (Å²) in [7, 11) is 0. The Morgan fingerprint density at radius 1 is 1.13 bits per heavy atom. The Kier molecular flexibility index (Phi) is 6.63. The molecule has 0 spiro atoms. The topological polar surface area (TPSA) is 60.5 Å². The van der Waals surface area contributed by atoms with Crippen LogP contribution < -0.4 is 10.1 Å². The Bertz CT molecular complexity index is 1050. The number of carbonyl (C=O) groups is 1. The van der Waals surface area contributed by atoms with Gasteiger partial charge in [0.1, 0.15) is 11.6 Å². The van der Waals surface area contributed by atoms with Crippen LogP contribution in [-0.2, 0) is 21.5 Å². The number of rotatable bonds is 6. The van der Waals surface area contributed by atoms with Crippen LogP contribution in [0, 0.1) is 5.82 Å². The van der Waals surface area contributed by atoms with Crippen molar-refractivity contribution in [1.82, 2.24) is 10.3 Å². The van der Waals surface area contributed by atoms with Crippen LogP contribution >= 0.6 is 15.9 Å². The highest BCUT2D eigenvalue weighted by Gasteiger charge is 2.41. The van der Waals surface area contributed by atoms with Gasteiger partial charge in [-0.1, -0.05) is 40.2 Å². The second-order valence-electron chi connectivity index (χ2n) is 7.41. The molecule has 5 nitrogen and oxygen atoms in total. The fourth-order valence-corrected chi connectivity index (χ4v) is 4.04. The Balaban J connectivity index is 1.53. The zero-order valence-corrected chi connectivity index (χ0v) is 18.4. The molecule has 1 saturated heterocycles. The van der Waals surface area contributed by atoms with E-state index in [-0.39, 0.29) is 18.3 Å². The van der Waals surface area contributed by atoms with Crippen molar-refractivity contribution in [3.63, 3.8) is 0 Å². The molecule has 1 aromatic heterocycles. The highest BCUT2D eigenvalue weighted by molar-refractivity contribution is 9.10. The molecule has 1 N–H and O–H groups in total. The molecule has 3 aromatic rings. The summed E-state index contributed by atoms with van der Waals surface area (Å²) in [6.45, 7) is 1.31. The average molecular weight is 485 g/mol. The van der Waals surface area contributed by atoms with Crippen molar-refractivity contribution in [2.24, 2.45) is 0 Å². The molecule has 0 saturated carbocycles. The minimum Gasteiger partial charge on any atom is -0.439 e. The van der Waals surface area contributed by atoms with Crippen molar-refractivity contribution >= 4 is 21.8 Å². The van der Waals surface area contributed by atoms with Gasteiger partial charge in [-0.3, -0.25) is 4.79 Å². The third kappa shape index (κ3) is 4.94. The quantitative estimate of drug-likeness (QED) is 0.526. The van der Waals surface area contributed by atoms with E-state index in [0.29, 0.717) is 43.2 Å². The molecular weight excluding hydrogens is 463 g/mol. The second-order valence-corrected chi connectivity index (χ2v) is 8.33. The van der Waals surface area contributed by atoms with E-state index in [9.17, 15) is 9.18 Å². The highest BCUT2D eigenvalue weighted by Crippen LogP contribution is 2.36. The molecule has 2 heterocycles. The Morgan fingerprint density at radius 3 is 2.65 bits per heavy atom. The molecule has 31 heavy (non-hydrogen) atoms. The lowest BCUT2D eigenvalue weighted by Crippen LogP contribution is -2.47. The summed E-state index contributed by atoms with van der Waals surface area (Å²) in [4.78, 5) is 17.7. The number of amides is 1. The van der Waals surface area contributed by atoms with Gasteiger partial charge in [-0.25, -0.2) is 9.37 Å². The maximum atomic E-state index is 13.5. The average Bonchev–Trinajstić information content (AvgIpc) is 2.79. The summed E-state index contributed by atoms with van der Waals surface area (Å²) in [5.41, 5.74) is 1.03. The van der Waals surface area contributed by atoms with Gasteiger partial charge in [-0.15, -0.1) is 0 Å². The number of carbonyl (C=O) groups excluding carboxylic acids is 1. The van der Waals surface area contributed by atoms with E-state index in [1.54, 1.807) is 24.4 Å². The molecule has 0 bridgehead atoms. The van der Waals surface area contributed by atoms with E-state index in [2.05, 4.69) is 26.2 Å². The molecule has 0 atom stereocenters. The molecule has 160 valence electrons. The highest BCUT2D eigenvalue weighted by atomic mass is 79.9. The van der Waals surface area contributed by atoms with Gasteiger partial charge in [0, 0.05) is 42.1 Å². The third-order valence-corrected chi connectivity index (χ3v) is 6.01. The molecule has 7 heteroatoms. The number of pyridine rings is 1. The minimum absolute atomic E-state index is 0.0568. The van der Waals surface area contributed by atoms with Crippen LogP contribution in [0.2, 0.25) is 0 Å². The van der Waals surface area contributed by atoms with Gasteiger partial charge < -0.3 is 14.8 Å². The Hall–Kier alpha value is -2.77. The number of aromatic nitrogens is 1. The molecule has 4 rings (SSSR count). The number of hydrogen-bond acceptors (Lipinski definition) is 4. The van der Waals surface area contributed by atoms with Crippen molar-refractivity contribution in [1.29, 1.82) is 0 Å². The zero-order valence-electron chi connectivity index (χ0n) is 16.8.